The molecule has 1 heterocycles. The van der Waals surface area contributed by atoms with Crippen LogP contribution in [0.4, 0.5) is 0 Å². The summed E-state index contributed by atoms with van der Waals surface area (Å²) in [4.78, 5) is 2.67. The maximum Gasteiger partial charge on any atom is 0.0252 e. The molecule has 0 aromatic rings. The van der Waals surface area contributed by atoms with Crippen molar-refractivity contribution in [1.82, 2.24) is 10.2 Å². The third-order valence-electron chi connectivity index (χ3n) is 4.59. The summed E-state index contributed by atoms with van der Waals surface area (Å²) in [5, 5.41) is 3.73. The molecule has 2 fully saturated rings. The zero-order valence-electron chi connectivity index (χ0n) is 11.3. The van der Waals surface area contributed by atoms with E-state index in [2.05, 4.69) is 29.8 Å². The SMILES string of the molecule is C=CCN1CC(CC)NCC1C1CCCCC1. The Morgan fingerprint density at radius 1 is 1.29 bits per heavy atom. The van der Waals surface area contributed by atoms with Crippen LogP contribution < -0.4 is 5.32 Å². The molecule has 2 rings (SSSR count). The second kappa shape index (κ2) is 6.55. The van der Waals surface area contributed by atoms with Crippen molar-refractivity contribution in [3.63, 3.8) is 0 Å². The Balaban J connectivity index is 1.95. The lowest BCUT2D eigenvalue weighted by Gasteiger charge is -2.44. The van der Waals surface area contributed by atoms with Crippen molar-refractivity contribution in [3.8, 4) is 0 Å². The summed E-state index contributed by atoms with van der Waals surface area (Å²) in [6, 6.07) is 1.45. The van der Waals surface area contributed by atoms with Gasteiger partial charge in [0.2, 0.25) is 0 Å². The number of rotatable bonds is 4. The van der Waals surface area contributed by atoms with Gasteiger partial charge in [-0.25, -0.2) is 0 Å². The summed E-state index contributed by atoms with van der Waals surface area (Å²) in [6.07, 6.45) is 10.5. The van der Waals surface area contributed by atoms with E-state index >= 15 is 0 Å². The molecule has 98 valence electrons. The van der Waals surface area contributed by atoms with Gasteiger partial charge in [0, 0.05) is 31.7 Å². The van der Waals surface area contributed by atoms with Gasteiger partial charge in [-0.1, -0.05) is 32.3 Å². The molecule has 1 aliphatic carbocycles. The van der Waals surface area contributed by atoms with Gasteiger partial charge in [-0.15, -0.1) is 6.58 Å². The van der Waals surface area contributed by atoms with Crippen LogP contribution in [0.3, 0.4) is 0 Å². The number of hydrogen-bond donors (Lipinski definition) is 1. The van der Waals surface area contributed by atoms with E-state index < -0.39 is 0 Å². The van der Waals surface area contributed by atoms with Crippen molar-refractivity contribution in [2.75, 3.05) is 19.6 Å². The number of nitrogens with one attached hydrogen (secondary N) is 1. The van der Waals surface area contributed by atoms with E-state index in [-0.39, 0.29) is 0 Å². The van der Waals surface area contributed by atoms with Crippen LogP contribution in [-0.4, -0.2) is 36.6 Å². The van der Waals surface area contributed by atoms with Crippen molar-refractivity contribution in [3.05, 3.63) is 12.7 Å². The molecule has 0 bridgehead atoms. The maximum atomic E-state index is 3.92. The number of piperazine rings is 1. The second-order valence-corrected chi connectivity index (χ2v) is 5.72. The highest BCUT2D eigenvalue weighted by Gasteiger charge is 2.32. The zero-order valence-corrected chi connectivity index (χ0v) is 11.3. The predicted octanol–water partition coefficient (Wildman–Crippen LogP) is 2.81. The van der Waals surface area contributed by atoms with Gasteiger partial charge in [0.05, 0.1) is 0 Å². The molecule has 1 N–H and O–H groups in total. The Kier molecular flexibility index (Phi) is 5.05. The molecule has 1 saturated heterocycles. The van der Waals surface area contributed by atoms with Crippen molar-refractivity contribution in [2.24, 2.45) is 5.92 Å². The van der Waals surface area contributed by atoms with E-state index in [0.717, 1.165) is 18.5 Å². The third-order valence-corrected chi connectivity index (χ3v) is 4.59. The zero-order chi connectivity index (χ0) is 12.1. The van der Waals surface area contributed by atoms with Crippen LogP contribution in [0.25, 0.3) is 0 Å². The van der Waals surface area contributed by atoms with Crippen LogP contribution in [0.15, 0.2) is 12.7 Å². The Bertz CT molecular complexity index is 233. The smallest absolute Gasteiger partial charge is 0.0252 e. The predicted molar refractivity (Wildman–Crippen MR) is 74.2 cm³/mol. The minimum Gasteiger partial charge on any atom is -0.311 e. The molecule has 2 nitrogen and oxygen atoms in total. The minimum atomic E-state index is 0.690. The first-order valence-corrected chi connectivity index (χ1v) is 7.43. The van der Waals surface area contributed by atoms with E-state index in [1.54, 1.807) is 0 Å². The molecule has 0 spiro atoms. The van der Waals surface area contributed by atoms with Crippen LogP contribution in [-0.2, 0) is 0 Å². The lowest BCUT2D eigenvalue weighted by atomic mass is 9.82. The average molecular weight is 236 g/mol. The monoisotopic (exact) mass is 236 g/mol. The highest BCUT2D eigenvalue weighted by molar-refractivity contribution is 4.92. The topological polar surface area (TPSA) is 15.3 Å². The van der Waals surface area contributed by atoms with E-state index in [0.29, 0.717) is 6.04 Å². The van der Waals surface area contributed by atoms with E-state index in [4.69, 9.17) is 0 Å². The molecule has 17 heavy (non-hydrogen) atoms. The first-order chi connectivity index (χ1) is 8.35. The van der Waals surface area contributed by atoms with E-state index in [1.807, 2.05) is 0 Å². The van der Waals surface area contributed by atoms with Crippen LogP contribution >= 0.6 is 0 Å². The van der Waals surface area contributed by atoms with Gasteiger partial charge in [0.1, 0.15) is 0 Å². The molecule has 0 aromatic heterocycles. The van der Waals surface area contributed by atoms with Crippen LogP contribution in [0, 0.1) is 5.92 Å². The molecule has 2 heteroatoms. The first kappa shape index (κ1) is 13.1. The minimum absolute atomic E-state index is 0.690. The summed E-state index contributed by atoms with van der Waals surface area (Å²) in [5.74, 6) is 0.925. The first-order valence-electron chi connectivity index (χ1n) is 7.43. The van der Waals surface area contributed by atoms with Gasteiger partial charge in [0.25, 0.3) is 0 Å². The molecular formula is C15H28N2. The standard InChI is InChI=1S/C15H28N2/c1-3-10-17-12-14(4-2)16-11-15(17)13-8-6-5-7-9-13/h3,13-16H,1,4-12H2,2H3. The Hall–Kier alpha value is -0.340. The van der Waals surface area contributed by atoms with Crippen LogP contribution in [0.2, 0.25) is 0 Å². The van der Waals surface area contributed by atoms with E-state index in [1.165, 1.54) is 51.6 Å². The fourth-order valence-corrected chi connectivity index (χ4v) is 3.53. The summed E-state index contributed by atoms with van der Waals surface area (Å²) in [7, 11) is 0. The molecule has 1 saturated carbocycles. The fraction of sp³-hybridized carbons (Fsp3) is 0.867. The van der Waals surface area contributed by atoms with Crippen molar-refractivity contribution < 1.29 is 0 Å². The molecule has 1 aliphatic heterocycles. The summed E-state index contributed by atoms with van der Waals surface area (Å²) < 4.78 is 0. The normalized spacial score (nSPS) is 32.5. The molecular weight excluding hydrogens is 208 g/mol. The van der Waals surface area contributed by atoms with Gasteiger partial charge < -0.3 is 5.32 Å². The largest absolute Gasteiger partial charge is 0.311 e. The molecule has 2 unspecified atom stereocenters. The molecule has 2 aliphatic rings. The highest BCUT2D eigenvalue weighted by atomic mass is 15.2. The van der Waals surface area contributed by atoms with Crippen molar-refractivity contribution in [2.45, 2.75) is 57.5 Å². The molecule has 0 radical (unpaired) electrons. The number of hydrogen-bond acceptors (Lipinski definition) is 2. The highest BCUT2D eigenvalue weighted by Crippen LogP contribution is 2.30. The van der Waals surface area contributed by atoms with E-state index in [9.17, 15) is 0 Å². The average Bonchev–Trinajstić information content (AvgIpc) is 2.40. The Morgan fingerprint density at radius 2 is 2.06 bits per heavy atom. The van der Waals surface area contributed by atoms with Crippen molar-refractivity contribution >= 4 is 0 Å². The second-order valence-electron chi connectivity index (χ2n) is 5.72. The summed E-state index contributed by atoms with van der Waals surface area (Å²) in [5.41, 5.74) is 0. The Morgan fingerprint density at radius 3 is 2.71 bits per heavy atom. The molecule has 2 atom stereocenters. The summed E-state index contributed by atoms with van der Waals surface area (Å²) >= 11 is 0. The van der Waals surface area contributed by atoms with Gasteiger partial charge in [0.15, 0.2) is 0 Å². The van der Waals surface area contributed by atoms with Crippen molar-refractivity contribution in [1.29, 1.82) is 0 Å². The lowest BCUT2D eigenvalue weighted by molar-refractivity contribution is 0.0815. The van der Waals surface area contributed by atoms with Crippen LogP contribution in [0.5, 0.6) is 0 Å². The third kappa shape index (κ3) is 3.32. The molecule has 0 amide bonds. The van der Waals surface area contributed by atoms with Gasteiger partial charge in [-0.05, 0) is 25.2 Å². The molecule has 0 aromatic carbocycles. The lowest BCUT2D eigenvalue weighted by Crippen LogP contribution is -2.58. The Labute approximate surface area is 106 Å². The summed E-state index contributed by atoms with van der Waals surface area (Å²) in [6.45, 7) is 9.68. The van der Waals surface area contributed by atoms with Gasteiger partial charge >= 0.3 is 0 Å². The van der Waals surface area contributed by atoms with Crippen LogP contribution in [0.1, 0.15) is 45.4 Å². The van der Waals surface area contributed by atoms with Gasteiger partial charge in [-0.2, -0.15) is 0 Å². The van der Waals surface area contributed by atoms with Gasteiger partial charge in [-0.3, -0.25) is 4.90 Å². The number of nitrogens with zero attached hydrogens (tertiary/aromatic N) is 1. The quantitative estimate of drug-likeness (QED) is 0.755. The maximum absolute atomic E-state index is 3.92. The fourth-order valence-electron chi connectivity index (χ4n) is 3.53.